The fraction of sp³-hybridized carbons (Fsp3) is 0.158. The van der Waals surface area contributed by atoms with Crippen LogP contribution in [0, 0.1) is 0 Å². The molecule has 0 bridgehead atoms. The van der Waals surface area contributed by atoms with Crippen molar-refractivity contribution in [3.8, 4) is 5.75 Å². The van der Waals surface area contributed by atoms with Gasteiger partial charge in [-0.1, -0.05) is 48.9 Å². The van der Waals surface area contributed by atoms with E-state index in [-0.39, 0.29) is 0 Å². The van der Waals surface area contributed by atoms with Gasteiger partial charge in [0.15, 0.2) is 0 Å². The summed E-state index contributed by atoms with van der Waals surface area (Å²) in [7, 11) is 0. The number of benzene rings is 2. The van der Waals surface area contributed by atoms with E-state index in [4.69, 9.17) is 16.3 Å². The summed E-state index contributed by atoms with van der Waals surface area (Å²) in [5, 5.41) is 0.539. The molecule has 0 aliphatic carbocycles. The first-order valence-corrected chi connectivity index (χ1v) is 8.24. The number of carbonyl (C=O) groups is 2. The molecule has 0 atom stereocenters. The number of rotatable bonds is 6. The third-order valence-corrected chi connectivity index (χ3v) is 3.56. The minimum absolute atomic E-state index is 0.353. The Bertz CT molecular complexity index is 775. The van der Waals surface area contributed by atoms with Gasteiger partial charge < -0.3 is 4.74 Å². The average molecular weight is 359 g/mol. The van der Waals surface area contributed by atoms with Gasteiger partial charge in [0, 0.05) is 11.1 Å². The number of hydrogen-bond donors (Lipinski definition) is 2. The number of ether oxygens (including phenoxy) is 1. The first kappa shape index (κ1) is 18.5. The fourth-order valence-electron chi connectivity index (χ4n) is 2.00. The van der Waals surface area contributed by atoms with Crippen molar-refractivity contribution in [1.29, 1.82) is 0 Å². The van der Waals surface area contributed by atoms with E-state index in [1.54, 1.807) is 48.5 Å². The zero-order valence-electron chi connectivity index (χ0n) is 13.8. The monoisotopic (exact) mass is 358 g/mol. The zero-order valence-corrected chi connectivity index (χ0v) is 14.5. The van der Waals surface area contributed by atoms with Crippen molar-refractivity contribution in [1.82, 2.24) is 10.9 Å². The van der Waals surface area contributed by atoms with Crippen LogP contribution in [-0.4, -0.2) is 18.4 Å². The Morgan fingerprint density at radius 1 is 1.08 bits per heavy atom. The number of halogens is 1. The molecule has 130 valence electrons. The molecule has 0 saturated heterocycles. The van der Waals surface area contributed by atoms with Crippen LogP contribution in [0.25, 0.3) is 6.08 Å². The second-order valence-electron chi connectivity index (χ2n) is 5.14. The minimum Gasteiger partial charge on any atom is -0.493 e. The number of carbonyl (C=O) groups excluding carboxylic acids is 2. The molecule has 2 aromatic rings. The molecule has 0 heterocycles. The minimum atomic E-state index is -0.472. The van der Waals surface area contributed by atoms with Crippen LogP contribution < -0.4 is 15.6 Å². The van der Waals surface area contributed by atoms with Crippen LogP contribution in [0.4, 0.5) is 0 Å². The van der Waals surface area contributed by atoms with Crippen molar-refractivity contribution in [2.24, 2.45) is 0 Å². The van der Waals surface area contributed by atoms with Gasteiger partial charge in [-0.25, -0.2) is 0 Å². The van der Waals surface area contributed by atoms with Gasteiger partial charge in [-0.05, 0) is 36.3 Å². The highest BCUT2D eigenvalue weighted by molar-refractivity contribution is 6.32. The Morgan fingerprint density at radius 3 is 2.56 bits per heavy atom. The normalized spacial score (nSPS) is 10.5. The van der Waals surface area contributed by atoms with Crippen LogP contribution in [-0.2, 0) is 4.79 Å². The number of hydrazine groups is 1. The summed E-state index contributed by atoms with van der Waals surface area (Å²) in [5.41, 5.74) is 5.76. The van der Waals surface area contributed by atoms with Crippen LogP contribution in [0.5, 0.6) is 5.75 Å². The quantitative estimate of drug-likeness (QED) is 0.612. The van der Waals surface area contributed by atoms with Crippen LogP contribution in [0.1, 0.15) is 29.3 Å². The highest BCUT2D eigenvalue weighted by Crippen LogP contribution is 2.18. The number of nitrogens with one attached hydrogen (secondary N) is 2. The summed E-state index contributed by atoms with van der Waals surface area (Å²) in [5.74, 6) is -0.450. The Morgan fingerprint density at radius 2 is 1.80 bits per heavy atom. The number of hydrogen-bond acceptors (Lipinski definition) is 3. The van der Waals surface area contributed by atoms with E-state index in [9.17, 15) is 9.59 Å². The molecule has 6 heteroatoms. The molecular formula is C19H19ClN2O3. The summed E-state index contributed by atoms with van der Waals surface area (Å²) in [6, 6.07) is 14.0. The third kappa shape index (κ3) is 5.65. The molecule has 0 saturated carbocycles. The standard InChI is InChI=1S/C19H19ClN2O3/c1-2-13-25-17-10-6-4-8-15(17)19(24)22-21-18(23)12-11-14-7-3-5-9-16(14)20/h3-12H,2,13H2,1H3,(H,21,23)(H,22,24)/b12-11+. The van der Waals surface area contributed by atoms with Gasteiger partial charge in [-0.2, -0.15) is 0 Å². The average Bonchev–Trinajstić information content (AvgIpc) is 2.64. The van der Waals surface area contributed by atoms with Crippen molar-refractivity contribution >= 4 is 29.5 Å². The summed E-state index contributed by atoms with van der Waals surface area (Å²) in [6.45, 7) is 2.49. The van der Waals surface area contributed by atoms with Crippen molar-refractivity contribution in [3.63, 3.8) is 0 Å². The molecule has 0 aliphatic rings. The van der Waals surface area contributed by atoms with Gasteiger partial charge >= 0.3 is 0 Å². The van der Waals surface area contributed by atoms with Gasteiger partial charge in [0.1, 0.15) is 5.75 Å². The van der Waals surface area contributed by atoms with E-state index >= 15 is 0 Å². The second kappa shape index (κ2) is 9.49. The topological polar surface area (TPSA) is 67.4 Å². The molecule has 2 N–H and O–H groups in total. The molecule has 2 rings (SSSR count). The lowest BCUT2D eigenvalue weighted by atomic mass is 10.2. The maximum absolute atomic E-state index is 12.2. The Labute approximate surface area is 151 Å². The number of amides is 2. The number of para-hydroxylation sites is 1. The lowest BCUT2D eigenvalue weighted by Crippen LogP contribution is -2.40. The zero-order chi connectivity index (χ0) is 18.1. The van der Waals surface area contributed by atoms with Crippen LogP contribution in [0.3, 0.4) is 0 Å². The van der Waals surface area contributed by atoms with Crippen molar-refractivity contribution < 1.29 is 14.3 Å². The largest absolute Gasteiger partial charge is 0.493 e. The van der Waals surface area contributed by atoms with Gasteiger partial charge in [0.2, 0.25) is 0 Å². The van der Waals surface area contributed by atoms with E-state index in [1.165, 1.54) is 6.08 Å². The van der Waals surface area contributed by atoms with Crippen molar-refractivity contribution in [2.45, 2.75) is 13.3 Å². The molecule has 0 fully saturated rings. The summed E-state index contributed by atoms with van der Waals surface area (Å²) >= 11 is 6.01. The summed E-state index contributed by atoms with van der Waals surface area (Å²) < 4.78 is 5.53. The van der Waals surface area contributed by atoms with Gasteiger partial charge in [-0.15, -0.1) is 0 Å². The van der Waals surface area contributed by atoms with Gasteiger partial charge in [-0.3, -0.25) is 20.4 Å². The van der Waals surface area contributed by atoms with Gasteiger partial charge in [0.05, 0.1) is 12.2 Å². The van der Waals surface area contributed by atoms with E-state index in [0.29, 0.717) is 28.5 Å². The Kier molecular flexibility index (Phi) is 7.04. The maximum atomic E-state index is 12.2. The Hall–Kier alpha value is -2.79. The molecule has 25 heavy (non-hydrogen) atoms. The van der Waals surface area contributed by atoms with Crippen molar-refractivity contribution in [2.75, 3.05) is 6.61 Å². The molecular weight excluding hydrogens is 340 g/mol. The predicted molar refractivity (Wildman–Crippen MR) is 98.3 cm³/mol. The molecule has 2 amide bonds. The SMILES string of the molecule is CCCOc1ccccc1C(=O)NNC(=O)/C=C/c1ccccc1Cl. The fourth-order valence-corrected chi connectivity index (χ4v) is 2.19. The molecule has 0 aromatic heterocycles. The van der Waals surface area contributed by atoms with Crippen LogP contribution >= 0.6 is 11.6 Å². The van der Waals surface area contributed by atoms with E-state index < -0.39 is 11.8 Å². The van der Waals surface area contributed by atoms with E-state index in [2.05, 4.69) is 10.9 Å². The molecule has 0 radical (unpaired) electrons. The van der Waals surface area contributed by atoms with Crippen LogP contribution in [0.15, 0.2) is 54.6 Å². The summed E-state index contributed by atoms with van der Waals surface area (Å²) in [4.78, 5) is 24.0. The molecule has 0 spiro atoms. The lowest BCUT2D eigenvalue weighted by molar-refractivity contribution is -0.117. The predicted octanol–water partition coefficient (Wildman–Crippen LogP) is 3.60. The lowest BCUT2D eigenvalue weighted by Gasteiger charge is -2.11. The summed E-state index contributed by atoms with van der Waals surface area (Å²) in [6.07, 6.45) is 3.70. The molecule has 2 aromatic carbocycles. The van der Waals surface area contributed by atoms with Gasteiger partial charge in [0.25, 0.3) is 11.8 Å². The van der Waals surface area contributed by atoms with E-state index in [1.807, 2.05) is 13.0 Å². The first-order chi connectivity index (χ1) is 12.1. The molecule has 0 aliphatic heterocycles. The van der Waals surface area contributed by atoms with E-state index in [0.717, 1.165) is 6.42 Å². The smallest absolute Gasteiger partial charge is 0.273 e. The second-order valence-corrected chi connectivity index (χ2v) is 5.55. The third-order valence-electron chi connectivity index (χ3n) is 3.21. The first-order valence-electron chi connectivity index (χ1n) is 7.86. The van der Waals surface area contributed by atoms with Crippen LogP contribution in [0.2, 0.25) is 5.02 Å². The van der Waals surface area contributed by atoms with Crippen molar-refractivity contribution in [3.05, 3.63) is 70.8 Å². The molecule has 0 unspecified atom stereocenters. The Balaban J connectivity index is 1.94. The highest BCUT2D eigenvalue weighted by atomic mass is 35.5. The highest BCUT2D eigenvalue weighted by Gasteiger charge is 2.12. The maximum Gasteiger partial charge on any atom is 0.273 e. The molecule has 5 nitrogen and oxygen atoms in total.